The van der Waals surface area contributed by atoms with E-state index in [1.807, 2.05) is 6.07 Å². The lowest BCUT2D eigenvalue weighted by Crippen LogP contribution is -2.34. The second kappa shape index (κ2) is 8.34. The number of hydrogen-bond acceptors (Lipinski definition) is 3. The van der Waals surface area contributed by atoms with Gasteiger partial charge in [-0.15, -0.1) is 0 Å². The average Bonchev–Trinajstić information content (AvgIpc) is 3.15. The Labute approximate surface area is 149 Å². The van der Waals surface area contributed by atoms with Crippen molar-refractivity contribution >= 4 is 16.7 Å². The van der Waals surface area contributed by atoms with Crippen LogP contribution in [-0.2, 0) is 11.3 Å². The van der Waals surface area contributed by atoms with Crippen LogP contribution in [0.2, 0.25) is 0 Å². The summed E-state index contributed by atoms with van der Waals surface area (Å²) in [6.45, 7) is 1.64. The van der Waals surface area contributed by atoms with Crippen LogP contribution in [0.15, 0.2) is 36.4 Å². The molecule has 1 saturated carbocycles. The summed E-state index contributed by atoms with van der Waals surface area (Å²) < 4.78 is 5.64. The second-order valence-electron chi connectivity index (χ2n) is 6.87. The summed E-state index contributed by atoms with van der Waals surface area (Å²) in [5.74, 6) is 0.203. The molecular weight excluding hydrogens is 314 g/mol. The molecule has 3 rings (SSSR count). The van der Waals surface area contributed by atoms with Crippen LogP contribution >= 0.6 is 0 Å². The zero-order chi connectivity index (χ0) is 17.6. The van der Waals surface area contributed by atoms with Crippen LogP contribution in [0.1, 0.15) is 44.1 Å². The fraction of sp³-hybridized carbons (Fsp3) is 0.476. The molecule has 0 atom stereocenters. The van der Waals surface area contributed by atoms with Crippen molar-refractivity contribution in [1.29, 1.82) is 0 Å². The molecule has 0 amide bonds. The number of rotatable bonds is 8. The first-order valence-electron chi connectivity index (χ1n) is 9.19. The Morgan fingerprint density at radius 2 is 1.96 bits per heavy atom. The highest BCUT2D eigenvalue weighted by atomic mass is 16.5. The lowest BCUT2D eigenvalue weighted by atomic mass is 10.0. The van der Waals surface area contributed by atoms with Gasteiger partial charge in [-0.25, -0.2) is 0 Å². The smallest absolute Gasteiger partial charge is 0.303 e. The quantitative estimate of drug-likeness (QED) is 0.770. The Morgan fingerprint density at radius 3 is 2.68 bits per heavy atom. The van der Waals surface area contributed by atoms with Gasteiger partial charge in [0.15, 0.2) is 0 Å². The molecule has 0 heterocycles. The van der Waals surface area contributed by atoms with Crippen molar-refractivity contribution in [2.24, 2.45) is 0 Å². The fourth-order valence-corrected chi connectivity index (χ4v) is 3.97. The molecule has 134 valence electrons. The van der Waals surface area contributed by atoms with Gasteiger partial charge in [0.25, 0.3) is 0 Å². The van der Waals surface area contributed by atoms with Gasteiger partial charge in [0, 0.05) is 24.6 Å². The van der Waals surface area contributed by atoms with Gasteiger partial charge < -0.3 is 9.84 Å². The molecule has 4 nitrogen and oxygen atoms in total. The fourth-order valence-electron chi connectivity index (χ4n) is 3.97. The lowest BCUT2D eigenvalue weighted by Gasteiger charge is -2.30. The van der Waals surface area contributed by atoms with E-state index in [4.69, 9.17) is 9.84 Å². The Balaban J connectivity index is 1.87. The number of aliphatic carboxylic acids is 1. The molecule has 0 aliphatic heterocycles. The predicted octanol–water partition coefficient (Wildman–Crippen LogP) is 4.46. The highest BCUT2D eigenvalue weighted by Crippen LogP contribution is 2.32. The molecule has 0 aromatic heterocycles. The Kier molecular flexibility index (Phi) is 5.92. The molecule has 1 aliphatic rings. The van der Waals surface area contributed by atoms with Gasteiger partial charge in [-0.2, -0.15) is 0 Å². The third kappa shape index (κ3) is 4.31. The van der Waals surface area contributed by atoms with Crippen molar-refractivity contribution in [1.82, 2.24) is 4.90 Å². The number of carboxylic acids is 1. The summed E-state index contributed by atoms with van der Waals surface area (Å²) in [5, 5.41) is 11.4. The number of benzene rings is 2. The summed E-state index contributed by atoms with van der Waals surface area (Å²) in [7, 11) is 1.72. The number of carboxylic acid groups (broad SMARTS) is 1. The van der Waals surface area contributed by atoms with E-state index in [1.165, 1.54) is 42.0 Å². The minimum absolute atomic E-state index is 0.232. The molecule has 0 radical (unpaired) electrons. The summed E-state index contributed by atoms with van der Waals surface area (Å²) in [5.41, 5.74) is 1.21. The second-order valence-corrected chi connectivity index (χ2v) is 6.87. The Morgan fingerprint density at radius 1 is 1.20 bits per heavy atom. The molecule has 2 aromatic rings. The van der Waals surface area contributed by atoms with E-state index in [0.29, 0.717) is 12.5 Å². The molecule has 0 unspecified atom stereocenters. The van der Waals surface area contributed by atoms with Crippen molar-refractivity contribution in [3.63, 3.8) is 0 Å². The number of hydrogen-bond donors (Lipinski definition) is 1. The highest BCUT2D eigenvalue weighted by molar-refractivity contribution is 5.87. The van der Waals surface area contributed by atoms with E-state index in [0.717, 1.165) is 18.8 Å². The maximum Gasteiger partial charge on any atom is 0.303 e. The highest BCUT2D eigenvalue weighted by Gasteiger charge is 2.24. The normalized spacial score (nSPS) is 15.1. The first kappa shape index (κ1) is 17.7. The Hall–Kier alpha value is -2.07. The molecule has 25 heavy (non-hydrogen) atoms. The van der Waals surface area contributed by atoms with E-state index in [9.17, 15) is 4.79 Å². The monoisotopic (exact) mass is 341 g/mol. The molecule has 1 N–H and O–H groups in total. The predicted molar refractivity (Wildman–Crippen MR) is 100 cm³/mol. The minimum atomic E-state index is -0.714. The number of methoxy groups -OCH3 is 1. The molecule has 0 spiro atoms. The van der Waals surface area contributed by atoms with E-state index in [1.54, 1.807) is 7.11 Å². The molecular formula is C21H27NO3. The lowest BCUT2D eigenvalue weighted by molar-refractivity contribution is -0.137. The summed E-state index contributed by atoms with van der Waals surface area (Å²) in [6, 6.07) is 13.1. The third-order valence-electron chi connectivity index (χ3n) is 5.26. The molecule has 1 fully saturated rings. The van der Waals surface area contributed by atoms with Gasteiger partial charge in [-0.1, -0.05) is 43.2 Å². The number of fused-ring (bicyclic) bond motifs is 1. The van der Waals surface area contributed by atoms with Crippen molar-refractivity contribution in [2.45, 2.75) is 51.1 Å². The third-order valence-corrected chi connectivity index (χ3v) is 5.26. The zero-order valence-corrected chi connectivity index (χ0v) is 14.9. The summed E-state index contributed by atoms with van der Waals surface area (Å²) in [6.07, 6.45) is 5.88. The van der Waals surface area contributed by atoms with Crippen LogP contribution in [0.3, 0.4) is 0 Å². The molecule has 0 bridgehead atoms. The van der Waals surface area contributed by atoms with Crippen LogP contribution in [0.5, 0.6) is 5.75 Å². The van der Waals surface area contributed by atoms with Gasteiger partial charge in [0.2, 0.25) is 0 Å². The molecule has 1 aliphatic carbocycles. The first-order valence-corrected chi connectivity index (χ1v) is 9.19. The van der Waals surface area contributed by atoms with Gasteiger partial charge in [-0.3, -0.25) is 9.69 Å². The molecule has 2 aromatic carbocycles. The largest absolute Gasteiger partial charge is 0.496 e. The molecule has 0 saturated heterocycles. The minimum Gasteiger partial charge on any atom is -0.496 e. The summed E-state index contributed by atoms with van der Waals surface area (Å²) >= 11 is 0. The number of ether oxygens (including phenoxy) is 1. The Bertz CT molecular complexity index is 722. The van der Waals surface area contributed by atoms with E-state index in [-0.39, 0.29) is 6.42 Å². The summed E-state index contributed by atoms with van der Waals surface area (Å²) in [4.78, 5) is 13.4. The topological polar surface area (TPSA) is 49.8 Å². The first-order chi connectivity index (χ1) is 12.2. The van der Waals surface area contributed by atoms with Crippen molar-refractivity contribution in [3.8, 4) is 5.75 Å². The van der Waals surface area contributed by atoms with E-state index in [2.05, 4.69) is 35.2 Å². The van der Waals surface area contributed by atoms with E-state index < -0.39 is 5.97 Å². The van der Waals surface area contributed by atoms with Crippen LogP contribution in [0.4, 0.5) is 0 Å². The SMILES string of the molecule is COc1ccc2ccccc2c1CN(CCCC(=O)O)C1CCCC1. The van der Waals surface area contributed by atoms with Crippen LogP contribution < -0.4 is 4.74 Å². The van der Waals surface area contributed by atoms with Gasteiger partial charge in [0.05, 0.1) is 7.11 Å². The number of carbonyl (C=O) groups is 1. The van der Waals surface area contributed by atoms with Gasteiger partial charge in [0.1, 0.15) is 5.75 Å². The van der Waals surface area contributed by atoms with E-state index >= 15 is 0 Å². The van der Waals surface area contributed by atoms with Crippen LogP contribution in [0.25, 0.3) is 10.8 Å². The number of nitrogens with zero attached hydrogens (tertiary/aromatic N) is 1. The van der Waals surface area contributed by atoms with Gasteiger partial charge in [-0.05, 0) is 42.6 Å². The van der Waals surface area contributed by atoms with Crippen LogP contribution in [-0.4, -0.2) is 35.7 Å². The maximum absolute atomic E-state index is 10.9. The standard InChI is InChI=1S/C21H27NO3/c1-25-20-13-12-16-7-2-5-10-18(16)19(20)15-22(14-6-11-21(23)24)17-8-3-4-9-17/h2,5,7,10,12-13,17H,3-4,6,8-9,11,14-15H2,1H3,(H,23,24). The van der Waals surface area contributed by atoms with Crippen molar-refractivity contribution < 1.29 is 14.6 Å². The maximum atomic E-state index is 10.9. The zero-order valence-electron chi connectivity index (χ0n) is 14.9. The van der Waals surface area contributed by atoms with Crippen molar-refractivity contribution in [2.75, 3.05) is 13.7 Å². The van der Waals surface area contributed by atoms with Gasteiger partial charge >= 0.3 is 5.97 Å². The van der Waals surface area contributed by atoms with Crippen molar-refractivity contribution in [3.05, 3.63) is 42.0 Å². The average molecular weight is 341 g/mol. The molecule has 4 heteroatoms. The van der Waals surface area contributed by atoms with Crippen LogP contribution in [0, 0.1) is 0 Å².